The van der Waals surface area contributed by atoms with Crippen LogP contribution < -0.4 is 11.5 Å². The summed E-state index contributed by atoms with van der Waals surface area (Å²) in [5.41, 5.74) is 11.6. The topological polar surface area (TPSA) is 64.9 Å². The van der Waals surface area contributed by atoms with Crippen LogP contribution in [-0.4, -0.2) is 11.5 Å². The Hall–Kier alpha value is -0.0600. The van der Waals surface area contributed by atoms with Crippen LogP contribution in [0.15, 0.2) is 6.20 Å². The van der Waals surface area contributed by atoms with Crippen molar-refractivity contribution in [3.63, 3.8) is 0 Å². The highest BCUT2D eigenvalue weighted by molar-refractivity contribution is 6.43. The van der Waals surface area contributed by atoms with E-state index in [2.05, 4.69) is 4.98 Å². The van der Waals surface area contributed by atoms with E-state index in [1.807, 2.05) is 0 Å². The van der Waals surface area contributed by atoms with Gasteiger partial charge in [-0.1, -0.05) is 34.8 Å². The Kier molecular flexibility index (Phi) is 3.76. The lowest BCUT2D eigenvalue weighted by molar-refractivity contribution is 0.736. The van der Waals surface area contributed by atoms with Gasteiger partial charge in [0, 0.05) is 24.3 Å². The van der Waals surface area contributed by atoms with Gasteiger partial charge in [-0.3, -0.25) is 0 Å². The Labute approximate surface area is 91.0 Å². The molecule has 0 aliphatic carbocycles. The van der Waals surface area contributed by atoms with E-state index in [1.165, 1.54) is 6.20 Å². The first-order valence-corrected chi connectivity index (χ1v) is 4.66. The van der Waals surface area contributed by atoms with Crippen LogP contribution in [0.3, 0.4) is 0 Å². The average molecular weight is 241 g/mol. The fourth-order valence-corrected chi connectivity index (χ4v) is 1.69. The van der Waals surface area contributed by atoms with Crippen molar-refractivity contribution in [2.24, 2.45) is 11.5 Å². The van der Waals surface area contributed by atoms with Crippen molar-refractivity contribution in [3.05, 3.63) is 27.0 Å². The first kappa shape index (κ1) is 11.0. The third kappa shape index (κ3) is 2.24. The Balaban J connectivity index is 3.25. The average Bonchev–Trinajstić information content (AvgIpc) is 2.12. The fourth-order valence-electron chi connectivity index (χ4n) is 0.913. The van der Waals surface area contributed by atoms with Gasteiger partial charge in [-0.2, -0.15) is 0 Å². The molecule has 72 valence electrons. The zero-order valence-corrected chi connectivity index (χ0v) is 8.87. The summed E-state index contributed by atoms with van der Waals surface area (Å²) in [6, 6.07) is -0.416. The van der Waals surface area contributed by atoms with E-state index in [-0.39, 0.29) is 16.7 Å². The van der Waals surface area contributed by atoms with Crippen molar-refractivity contribution in [2.75, 3.05) is 6.54 Å². The summed E-state index contributed by atoms with van der Waals surface area (Å²) in [6.07, 6.45) is 1.40. The second-order valence-electron chi connectivity index (χ2n) is 2.47. The molecule has 1 atom stereocenters. The predicted molar refractivity (Wildman–Crippen MR) is 55.2 cm³/mol. The second kappa shape index (κ2) is 4.44. The van der Waals surface area contributed by atoms with Gasteiger partial charge in [0.1, 0.15) is 5.15 Å². The zero-order chi connectivity index (χ0) is 10.0. The lowest BCUT2D eigenvalue weighted by Gasteiger charge is -2.13. The van der Waals surface area contributed by atoms with E-state index in [0.29, 0.717) is 10.6 Å². The molecule has 0 saturated heterocycles. The number of rotatable bonds is 2. The van der Waals surface area contributed by atoms with Crippen LogP contribution in [0.4, 0.5) is 0 Å². The molecule has 0 unspecified atom stereocenters. The maximum Gasteiger partial charge on any atom is 0.148 e. The van der Waals surface area contributed by atoms with Gasteiger partial charge in [0.15, 0.2) is 0 Å². The predicted octanol–water partition coefficient (Wildman–Crippen LogP) is 2.00. The van der Waals surface area contributed by atoms with Crippen LogP contribution in [0.1, 0.15) is 11.6 Å². The molecule has 0 bridgehead atoms. The van der Waals surface area contributed by atoms with Crippen molar-refractivity contribution in [1.82, 2.24) is 4.98 Å². The first-order chi connectivity index (χ1) is 6.07. The molecule has 0 aliphatic rings. The number of hydrogen-bond acceptors (Lipinski definition) is 3. The molecule has 1 aromatic rings. The molecular formula is C7H8Cl3N3. The van der Waals surface area contributed by atoms with Crippen LogP contribution in [0, 0.1) is 0 Å². The number of pyridine rings is 1. The molecule has 3 nitrogen and oxygen atoms in total. The maximum absolute atomic E-state index is 5.86. The smallest absolute Gasteiger partial charge is 0.148 e. The summed E-state index contributed by atoms with van der Waals surface area (Å²) in [4.78, 5) is 3.76. The number of nitrogens with zero attached hydrogens (tertiary/aromatic N) is 1. The maximum atomic E-state index is 5.86. The number of nitrogens with two attached hydrogens (primary N) is 2. The lowest BCUT2D eigenvalue weighted by atomic mass is 10.1. The quantitative estimate of drug-likeness (QED) is 0.777. The van der Waals surface area contributed by atoms with Gasteiger partial charge in [0.2, 0.25) is 0 Å². The molecule has 1 heterocycles. The molecule has 0 fully saturated rings. The van der Waals surface area contributed by atoms with Gasteiger partial charge in [0.05, 0.1) is 10.0 Å². The lowest BCUT2D eigenvalue weighted by Crippen LogP contribution is -2.21. The van der Waals surface area contributed by atoms with Gasteiger partial charge in [-0.15, -0.1) is 0 Å². The van der Waals surface area contributed by atoms with Crippen molar-refractivity contribution in [2.45, 2.75) is 6.04 Å². The van der Waals surface area contributed by atoms with Crippen molar-refractivity contribution in [1.29, 1.82) is 0 Å². The van der Waals surface area contributed by atoms with Crippen LogP contribution in [-0.2, 0) is 0 Å². The summed E-state index contributed by atoms with van der Waals surface area (Å²) >= 11 is 17.4. The standard InChI is InChI=1S/C7H8Cl3N3/c8-3-2-13-7(10)6(9)5(3)4(12)1-11/h2,4H,1,11-12H2/t4-/m0/s1. The normalized spacial score (nSPS) is 13.0. The largest absolute Gasteiger partial charge is 0.329 e. The molecule has 0 aromatic carbocycles. The van der Waals surface area contributed by atoms with E-state index < -0.39 is 6.04 Å². The highest BCUT2D eigenvalue weighted by atomic mass is 35.5. The van der Waals surface area contributed by atoms with Gasteiger partial charge >= 0.3 is 0 Å². The summed E-state index contributed by atoms with van der Waals surface area (Å²) in [5, 5.41) is 0.837. The summed E-state index contributed by atoms with van der Waals surface area (Å²) < 4.78 is 0. The minimum atomic E-state index is -0.416. The number of halogens is 3. The van der Waals surface area contributed by atoms with Crippen molar-refractivity contribution in [3.8, 4) is 0 Å². The molecule has 6 heteroatoms. The molecule has 13 heavy (non-hydrogen) atoms. The minimum absolute atomic E-state index is 0.185. The molecule has 0 amide bonds. The molecule has 4 N–H and O–H groups in total. The van der Waals surface area contributed by atoms with Gasteiger partial charge in [0.25, 0.3) is 0 Å². The number of aromatic nitrogens is 1. The third-order valence-electron chi connectivity index (χ3n) is 1.59. The SMILES string of the molecule is NC[C@H](N)c1c(Cl)cnc(Cl)c1Cl. The molecule has 0 saturated carbocycles. The van der Waals surface area contributed by atoms with Crippen molar-refractivity contribution >= 4 is 34.8 Å². The zero-order valence-electron chi connectivity index (χ0n) is 6.60. The van der Waals surface area contributed by atoms with Crippen LogP contribution in [0.2, 0.25) is 15.2 Å². The first-order valence-electron chi connectivity index (χ1n) is 3.53. The second-order valence-corrected chi connectivity index (χ2v) is 3.61. The highest BCUT2D eigenvalue weighted by Gasteiger charge is 2.15. The molecule has 0 spiro atoms. The van der Waals surface area contributed by atoms with Crippen LogP contribution in [0.5, 0.6) is 0 Å². The van der Waals surface area contributed by atoms with Gasteiger partial charge < -0.3 is 11.5 Å². The Morgan fingerprint density at radius 1 is 1.38 bits per heavy atom. The Morgan fingerprint density at radius 2 is 2.00 bits per heavy atom. The summed E-state index contributed by atoms with van der Waals surface area (Å²) in [5.74, 6) is 0. The highest BCUT2D eigenvalue weighted by Crippen LogP contribution is 2.32. The third-order valence-corrected chi connectivity index (χ3v) is 2.66. The van der Waals surface area contributed by atoms with Gasteiger partial charge in [-0.05, 0) is 0 Å². The monoisotopic (exact) mass is 239 g/mol. The van der Waals surface area contributed by atoms with Crippen molar-refractivity contribution < 1.29 is 0 Å². The Bertz CT molecular complexity index is 316. The molecular weight excluding hydrogens is 232 g/mol. The van der Waals surface area contributed by atoms with Crippen LogP contribution in [0.25, 0.3) is 0 Å². The molecule has 0 aliphatic heterocycles. The van der Waals surface area contributed by atoms with Gasteiger partial charge in [-0.25, -0.2) is 4.98 Å². The van der Waals surface area contributed by atoms with E-state index in [4.69, 9.17) is 46.3 Å². The van der Waals surface area contributed by atoms with E-state index in [0.717, 1.165) is 0 Å². The summed E-state index contributed by atoms with van der Waals surface area (Å²) in [6.45, 7) is 0.250. The molecule has 0 radical (unpaired) electrons. The van der Waals surface area contributed by atoms with Crippen LogP contribution >= 0.6 is 34.8 Å². The molecule has 1 rings (SSSR count). The van der Waals surface area contributed by atoms with E-state index >= 15 is 0 Å². The van der Waals surface area contributed by atoms with E-state index in [1.54, 1.807) is 0 Å². The fraction of sp³-hybridized carbons (Fsp3) is 0.286. The Morgan fingerprint density at radius 3 is 2.54 bits per heavy atom. The minimum Gasteiger partial charge on any atom is -0.329 e. The summed E-state index contributed by atoms with van der Waals surface area (Å²) in [7, 11) is 0. The van der Waals surface area contributed by atoms with E-state index in [9.17, 15) is 0 Å². The number of hydrogen-bond donors (Lipinski definition) is 2. The molecule has 1 aromatic heterocycles.